The molecule has 2 aromatic carbocycles. The Bertz CT molecular complexity index is 952. The summed E-state index contributed by atoms with van der Waals surface area (Å²) in [6, 6.07) is 15.3. The van der Waals surface area contributed by atoms with Crippen LogP contribution in [0.5, 0.6) is 0 Å². The molecule has 0 aromatic heterocycles. The minimum atomic E-state index is -3.56. The molecule has 3 rings (SSSR count). The lowest BCUT2D eigenvalue weighted by atomic mass is 10.1. The van der Waals surface area contributed by atoms with Gasteiger partial charge in [-0.1, -0.05) is 48.4 Å². The van der Waals surface area contributed by atoms with Gasteiger partial charge in [0.2, 0.25) is 15.9 Å². The number of anilines is 1. The summed E-state index contributed by atoms with van der Waals surface area (Å²) in [5.41, 5.74) is 3.77. The van der Waals surface area contributed by atoms with Crippen LogP contribution in [0.3, 0.4) is 0 Å². The van der Waals surface area contributed by atoms with Crippen LogP contribution in [0, 0.1) is 6.92 Å². The van der Waals surface area contributed by atoms with Gasteiger partial charge in [0.05, 0.1) is 11.9 Å². The third-order valence-corrected chi connectivity index (χ3v) is 6.49. The number of nitrogens with zero attached hydrogens (tertiary/aromatic N) is 2. The zero-order chi connectivity index (χ0) is 21.6. The Balaban J connectivity index is 1.58. The average molecular weight is 430 g/mol. The second-order valence-corrected chi connectivity index (χ2v) is 9.95. The summed E-state index contributed by atoms with van der Waals surface area (Å²) in [6.07, 6.45) is 4.95. The average Bonchev–Trinajstić information content (AvgIpc) is 2.72. The molecule has 30 heavy (non-hydrogen) atoms. The molecule has 0 aliphatic carbocycles. The van der Waals surface area contributed by atoms with E-state index in [0.29, 0.717) is 12.2 Å². The SMILES string of the molecule is Cc1ccc(N(CC(=O)NCc2cccc(CN3CCCCC3)c2)S(C)(=O)=O)cc1. The molecular formula is C23H31N3O3S. The minimum Gasteiger partial charge on any atom is -0.350 e. The fourth-order valence-corrected chi connectivity index (χ4v) is 4.57. The molecular weight excluding hydrogens is 398 g/mol. The van der Waals surface area contributed by atoms with Crippen molar-refractivity contribution < 1.29 is 13.2 Å². The molecule has 1 fully saturated rings. The maximum Gasteiger partial charge on any atom is 0.241 e. The van der Waals surface area contributed by atoms with Gasteiger partial charge in [0.15, 0.2) is 0 Å². The second kappa shape index (κ2) is 10.1. The molecule has 0 bridgehead atoms. The van der Waals surface area contributed by atoms with Crippen LogP contribution in [0.25, 0.3) is 0 Å². The highest BCUT2D eigenvalue weighted by atomic mass is 32.2. The van der Waals surface area contributed by atoms with Gasteiger partial charge < -0.3 is 5.32 Å². The van der Waals surface area contributed by atoms with Crippen LogP contribution in [0.15, 0.2) is 48.5 Å². The lowest BCUT2D eigenvalue weighted by Gasteiger charge is -2.26. The molecule has 1 aliphatic heterocycles. The number of aryl methyl sites for hydroxylation is 1. The fourth-order valence-electron chi connectivity index (χ4n) is 3.71. The summed E-state index contributed by atoms with van der Waals surface area (Å²) < 4.78 is 25.5. The predicted octanol–water partition coefficient (Wildman–Crippen LogP) is 3.06. The Morgan fingerprint density at radius 3 is 2.37 bits per heavy atom. The summed E-state index contributed by atoms with van der Waals surface area (Å²) in [4.78, 5) is 15.0. The van der Waals surface area contributed by atoms with Crippen molar-refractivity contribution in [3.05, 3.63) is 65.2 Å². The van der Waals surface area contributed by atoms with Crippen LogP contribution in [0.2, 0.25) is 0 Å². The van der Waals surface area contributed by atoms with E-state index in [0.717, 1.165) is 41.3 Å². The molecule has 7 heteroatoms. The van der Waals surface area contributed by atoms with Gasteiger partial charge in [0.25, 0.3) is 0 Å². The van der Waals surface area contributed by atoms with Crippen LogP contribution < -0.4 is 9.62 Å². The van der Waals surface area contributed by atoms with Gasteiger partial charge in [-0.15, -0.1) is 0 Å². The lowest BCUT2D eigenvalue weighted by molar-refractivity contribution is -0.119. The van der Waals surface area contributed by atoms with Crippen molar-refractivity contribution in [1.82, 2.24) is 10.2 Å². The van der Waals surface area contributed by atoms with Crippen molar-refractivity contribution in [2.45, 2.75) is 39.3 Å². The highest BCUT2D eigenvalue weighted by Crippen LogP contribution is 2.18. The van der Waals surface area contributed by atoms with E-state index < -0.39 is 10.0 Å². The van der Waals surface area contributed by atoms with E-state index in [1.807, 2.05) is 31.2 Å². The van der Waals surface area contributed by atoms with Crippen molar-refractivity contribution in [2.24, 2.45) is 0 Å². The van der Waals surface area contributed by atoms with E-state index in [2.05, 4.69) is 22.3 Å². The number of benzene rings is 2. The Hall–Kier alpha value is -2.38. The Morgan fingerprint density at radius 1 is 1.03 bits per heavy atom. The first-order valence-corrected chi connectivity index (χ1v) is 12.3. The number of carbonyl (C=O) groups is 1. The minimum absolute atomic E-state index is 0.241. The van der Waals surface area contributed by atoms with Crippen LogP contribution in [0.1, 0.15) is 36.0 Å². The third-order valence-electron chi connectivity index (χ3n) is 5.35. The molecule has 0 spiro atoms. The van der Waals surface area contributed by atoms with Crippen molar-refractivity contribution in [1.29, 1.82) is 0 Å². The largest absolute Gasteiger partial charge is 0.350 e. The molecule has 1 heterocycles. The highest BCUT2D eigenvalue weighted by molar-refractivity contribution is 7.92. The Labute approximate surface area is 179 Å². The molecule has 2 aromatic rings. The summed E-state index contributed by atoms with van der Waals surface area (Å²) in [5, 5.41) is 2.85. The summed E-state index contributed by atoms with van der Waals surface area (Å²) in [7, 11) is -3.56. The van der Waals surface area contributed by atoms with Gasteiger partial charge in [-0.25, -0.2) is 8.42 Å². The number of amides is 1. The first-order valence-electron chi connectivity index (χ1n) is 10.4. The topological polar surface area (TPSA) is 69.7 Å². The fraction of sp³-hybridized carbons (Fsp3) is 0.435. The zero-order valence-electron chi connectivity index (χ0n) is 17.8. The first-order chi connectivity index (χ1) is 14.3. The van der Waals surface area contributed by atoms with E-state index in [1.54, 1.807) is 12.1 Å². The summed E-state index contributed by atoms with van der Waals surface area (Å²) in [6.45, 7) is 5.27. The number of hydrogen-bond acceptors (Lipinski definition) is 4. The zero-order valence-corrected chi connectivity index (χ0v) is 18.6. The molecule has 1 aliphatic rings. The molecule has 1 amide bonds. The number of carbonyl (C=O) groups excluding carboxylic acids is 1. The van der Waals surface area contributed by atoms with Crippen LogP contribution in [-0.2, 0) is 27.9 Å². The van der Waals surface area contributed by atoms with Crippen molar-refractivity contribution >= 4 is 21.6 Å². The molecule has 6 nitrogen and oxygen atoms in total. The quantitative estimate of drug-likeness (QED) is 0.700. The lowest BCUT2D eigenvalue weighted by Crippen LogP contribution is -2.40. The maximum absolute atomic E-state index is 12.5. The number of rotatable bonds is 8. The van der Waals surface area contributed by atoms with Gasteiger partial charge in [-0.05, 0) is 56.1 Å². The molecule has 0 radical (unpaired) electrons. The van der Waals surface area contributed by atoms with E-state index in [9.17, 15) is 13.2 Å². The van der Waals surface area contributed by atoms with Crippen molar-refractivity contribution in [3.8, 4) is 0 Å². The van der Waals surface area contributed by atoms with Crippen molar-refractivity contribution in [3.63, 3.8) is 0 Å². The predicted molar refractivity (Wildman–Crippen MR) is 121 cm³/mol. The smallest absolute Gasteiger partial charge is 0.241 e. The Morgan fingerprint density at radius 2 is 1.70 bits per heavy atom. The standard InChI is InChI=1S/C23H31N3O3S/c1-19-9-11-22(12-10-19)26(30(2,28)29)18-23(27)24-16-20-7-6-8-21(15-20)17-25-13-4-3-5-14-25/h6-12,15H,3-5,13-14,16-18H2,1-2H3,(H,24,27). The van der Waals surface area contributed by atoms with Gasteiger partial charge in [0.1, 0.15) is 6.54 Å². The number of likely N-dealkylation sites (tertiary alicyclic amines) is 1. The summed E-state index contributed by atoms with van der Waals surface area (Å²) in [5.74, 6) is -0.331. The van der Waals surface area contributed by atoms with Gasteiger partial charge in [-0.3, -0.25) is 14.0 Å². The number of nitrogens with one attached hydrogen (secondary N) is 1. The number of piperidine rings is 1. The molecule has 162 valence electrons. The maximum atomic E-state index is 12.5. The van der Waals surface area contributed by atoms with E-state index >= 15 is 0 Å². The van der Waals surface area contributed by atoms with E-state index in [-0.39, 0.29) is 12.5 Å². The second-order valence-electron chi connectivity index (χ2n) is 8.04. The van der Waals surface area contributed by atoms with Crippen LogP contribution in [-0.4, -0.2) is 45.1 Å². The van der Waals surface area contributed by atoms with Crippen molar-refractivity contribution in [2.75, 3.05) is 30.2 Å². The monoisotopic (exact) mass is 429 g/mol. The number of sulfonamides is 1. The molecule has 0 saturated carbocycles. The molecule has 0 unspecified atom stereocenters. The van der Waals surface area contributed by atoms with Gasteiger partial charge >= 0.3 is 0 Å². The number of hydrogen-bond donors (Lipinski definition) is 1. The third kappa shape index (κ3) is 6.57. The molecule has 0 atom stereocenters. The Kier molecular flexibility index (Phi) is 7.50. The van der Waals surface area contributed by atoms with E-state index in [4.69, 9.17) is 0 Å². The van der Waals surface area contributed by atoms with E-state index in [1.165, 1.54) is 24.8 Å². The van der Waals surface area contributed by atoms with Crippen LogP contribution in [0.4, 0.5) is 5.69 Å². The first kappa shape index (κ1) is 22.3. The molecule has 1 saturated heterocycles. The normalized spacial score (nSPS) is 15.0. The van der Waals surface area contributed by atoms with Gasteiger partial charge in [-0.2, -0.15) is 0 Å². The highest BCUT2D eigenvalue weighted by Gasteiger charge is 2.20. The summed E-state index contributed by atoms with van der Waals surface area (Å²) >= 11 is 0. The van der Waals surface area contributed by atoms with Gasteiger partial charge in [0, 0.05) is 13.1 Å². The van der Waals surface area contributed by atoms with Crippen LogP contribution >= 0.6 is 0 Å². The molecule has 1 N–H and O–H groups in total.